The smallest absolute Gasteiger partial charge is 0.293 e. The molecular formula is C18H23N3O4S. The van der Waals surface area contributed by atoms with Crippen molar-refractivity contribution < 1.29 is 13.3 Å². The van der Waals surface area contributed by atoms with Crippen LogP contribution in [0.4, 0.5) is 11.4 Å². The fourth-order valence-corrected chi connectivity index (χ4v) is 3.92. The van der Waals surface area contributed by atoms with Crippen molar-refractivity contribution in [3.63, 3.8) is 0 Å². The van der Waals surface area contributed by atoms with E-state index in [0.29, 0.717) is 12.2 Å². The van der Waals surface area contributed by atoms with Crippen LogP contribution in [0.1, 0.15) is 25.0 Å². The molecule has 2 aromatic carbocycles. The molecule has 0 saturated heterocycles. The zero-order valence-electron chi connectivity index (χ0n) is 15.3. The average Bonchev–Trinajstić information content (AvgIpc) is 2.55. The van der Waals surface area contributed by atoms with Crippen molar-refractivity contribution in [1.82, 2.24) is 4.72 Å². The van der Waals surface area contributed by atoms with Gasteiger partial charge in [-0.25, -0.2) is 13.1 Å². The highest BCUT2D eigenvalue weighted by atomic mass is 32.2. The Kier molecular flexibility index (Phi) is 5.99. The summed E-state index contributed by atoms with van der Waals surface area (Å²) in [6.45, 7) is 5.83. The molecule has 0 aliphatic rings. The number of aryl methyl sites for hydroxylation is 1. The summed E-state index contributed by atoms with van der Waals surface area (Å²) >= 11 is 0. The van der Waals surface area contributed by atoms with Gasteiger partial charge in [-0.15, -0.1) is 0 Å². The van der Waals surface area contributed by atoms with Gasteiger partial charge in [-0.2, -0.15) is 0 Å². The Morgan fingerprint density at radius 1 is 1.19 bits per heavy atom. The van der Waals surface area contributed by atoms with E-state index in [4.69, 9.17) is 0 Å². The van der Waals surface area contributed by atoms with Crippen LogP contribution < -0.4 is 9.62 Å². The molecule has 0 radical (unpaired) electrons. The zero-order valence-corrected chi connectivity index (χ0v) is 16.1. The Bertz CT molecular complexity index is 910. The third kappa shape index (κ3) is 4.59. The van der Waals surface area contributed by atoms with E-state index in [1.807, 2.05) is 31.2 Å². The van der Waals surface area contributed by atoms with Crippen LogP contribution in [0.15, 0.2) is 47.4 Å². The van der Waals surface area contributed by atoms with Crippen LogP contribution in [0.2, 0.25) is 0 Å². The van der Waals surface area contributed by atoms with Gasteiger partial charge in [-0.1, -0.05) is 24.3 Å². The van der Waals surface area contributed by atoms with Gasteiger partial charge in [0, 0.05) is 25.7 Å². The van der Waals surface area contributed by atoms with Gasteiger partial charge in [0.25, 0.3) is 5.69 Å². The van der Waals surface area contributed by atoms with Crippen molar-refractivity contribution in [1.29, 1.82) is 0 Å². The Balaban J connectivity index is 2.40. The maximum Gasteiger partial charge on any atom is 0.293 e. The minimum atomic E-state index is -3.80. The van der Waals surface area contributed by atoms with Gasteiger partial charge in [0.1, 0.15) is 5.69 Å². The van der Waals surface area contributed by atoms with Crippen molar-refractivity contribution in [3.05, 3.63) is 63.7 Å². The van der Waals surface area contributed by atoms with Gasteiger partial charge in [0.15, 0.2) is 0 Å². The molecule has 26 heavy (non-hydrogen) atoms. The summed E-state index contributed by atoms with van der Waals surface area (Å²) in [6, 6.07) is 11.5. The third-order valence-corrected chi connectivity index (χ3v) is 5.58. The van der Waals surface area contributed by atoms with Crippen molar-refractivity contribution in [2.45, 2.75) is 38.3 Å². The molecule has 0 fully saturated rings. The molecule has 0 aliphatic carbocycles. The van der Waals surface area contributed by atoms with E-state index in [2.05, 4.69) is 4.72 Å². The number of anilines is 1. The van der Waals surface area contributed by atoms with Crippen LogP contribution in [-0.2, 0) is 16.6 Å². The lowest BCUT2D eigenvalue weighted by molar-refractivity contribution is -0.384. The highest BCUT2D eigenvalue weighted by Gasteiger charge is 2.23. The lowest BCUT2D eigenvalue weighted by Crippen LogP contribution is -2.30. The third-order valence-electron chi connectivity index (χ3n) is 3.92. The van der Waals surface area contributed by atoms with E-state index in [0.717, 1.165) is 17.2 Å². The number of benzene rings is 2. The molecule has 7 nitrogen and oxygen atoms in total. The fraction of sp³-hybridized carbons (Fsp3) is 0.333. The maximum atomic E-state index is 12.3. The molecule has 0 unspecified atom stereocenters. The molecule has 0 bridgehead atoms. The molecule has 0 atom stereocenters. The molecular weight excluding hydrogens is 354 g/mol. The Morgan fingerprint density at radius 3 is 2.42 bits per heavy atom. The molecule has 0 heterocycles. The molecule has 2 rings (SSSR count). The van der Waals surface area contributed by atoms with E-state index in [1.54, 1.807) is 25.8 Å². The minimum absolute atomic E-state index is 0.119. The second-order valence-corrected chi connectivity index (χ2v) is 8.18. The number of sulfonamides is 1. The summed E-state index contributed by atoms with van der Waals surface area (Å²) < 4.78 is 27.0. The molecule has 0 amide bonds. The van der Waals surface area contributed by atoms with Crippen LogP contribution in [0.3, 0.4) is 0 Å². The summed E-state index contributed by atoms with van der Waals surface area (Å²) in [5, 5.41) is 11.5. The predicted molar refractivity (Wildman–Crippen MR) is 102 cm³/mol. The lowest BCUT2D eigenvalue weighted by Gasteiger charge is -2.21. The normalized spacial score (nSPS) is 11.6. The summed E-state index contributed by atoms with van der Waals surface area (Å²) in [5.74, 6) is 0. The first-order valence-corrected chi connectivity index (χ1v) is 9.66. The Hall–Kier alpha value is -2.45. The van der Waals surface area contributed by atoms with Gasteiger partial charge < -0.3 is 4.90 Å². The second-order valence-electron chi connectivity index (χ2n) is 6.47. The fourth-order valence-electron chi connectivity index (χ4n) is 2.65. The van der Waals surface area contributed by atoms with Crippen LogP contribution in [0.25, 0.3) is 0 Å². The van der Waals surface area contributed by atoms with E-state index in [-0.39, 0.29) is 16.6 Å². The summed E-state index contributed by atoms with van der Waals surface area (Å²) in [5.41, 5.74) is 2.25. The first kappa shape index (κ1) is 19.9. The van der Waals surface area contributed by atoms with Gasteiger partial charge in [0.05, 0.1) is 9.82 Å². The molecule has 0 aromatic heterocycles. The van der Waals surface area contributed by atoms with Gasteiger partial charge in [-0.3, -0.25) is 10.1 Å². The van der Waals surface area contributed by atoms with Crippen molar-refractivity contribution >= 4 is 21.4 Å². The molecule has 140 valence electrons. The van der Waals surface area contributed by atoms with E-state index in [9.17, 15) is 18.5 Å². The molecule has 0 aliphatic heterocycles. The van der Waals surface area contributed by atoms with Gasteiger partial charge in [0.2, 0.25) is 10.0 Å². The first-order valence-electron chi connectivity index (χ1n) is 8.18. The molecule has 0 spiro atoms. The quantitative estimate of drug-likeness (QED) is 0.591. The summed E-state index contributed by atoms with van der Waals surface area (Å²) in [4.78, 5) is 12.6. The largest absolute Gasteiger partial charge is 0.365 e. The van der Waals surface area contributed by atoms with Crippen LogP contribution in [0.5, 0.6) is 0 Å². The zero-order chi connectivity index (χ0) is 19.5. The monoisotopic (exact) mass is 377 g/mol. The summed E-state index contributed by atoms with van der Waals surface area (Å²) in [6.07, 6.45) is 0. The average molecular weight is 377 g/mol. The number of nitro groups is 1. The number of nitrogens with zero attached hydrogens (tertiary/aromatic N) is 2. The first-order chi connectivity index (χ1) is 12.1. The molecule has 8 heteroatoms. The van der Waals surface area contributed by atoms with Gasteiger partial charge >= 0.3 is 0 Å². The van der Waals surface area contributed by atoms with E-state index < -0.39 is 14.9 Å². The molecule has 1 N–H and O–H groups in total. The van der Waals surface area contributed by atoms with Crippen LogP contribution in [-0.4, -0.2) is 26.4 Å². The number of nitrogens with one attached hydrogen (secondary N) is 1. The highest BCUT2D eigenvalue weighted by molar-refractivity contribution is 7.89. The van der Waals surface area contributed by atoms with Crippen LogP contribution >= 0.6 is 0 Å². The number of hydrogen-bond acceptors (Lipinski definition) is 5. The maximum absolute atomic E-state index is 12.3. The molecule has 2 aromatic rings. The second kappa shape index (κ2) is 7.84. The number of nitro benzene ring substituents is 1. The van der Waals surface area contributed by atoms with Crippen LogP contribution in [0, 0.1) is 17.0 Å². The van der Waals surface area contributed by atoms with Crippen molar-refractivity contribution in [2.75, 3.05) is 11.9 Å². The van der Waals surface area contributed by atoms with E-state index >= 15 is 0 Å². The lowest BCUT2D eigenvalue weighted by atomic mass is 10.1. The number of hydrogen-bond donors (Lipinski definition) is 1. The molecule has 0 saturated carbocycles. The topological polar surface area (TPSA) is 92.6 Å². The Labute approximate surface area is 153 Å². The predicted octanol–water partition coefficient (Wildman–Crippen LogP) is 3.23. The minimum Gasteiger partial charge on any atom is -0.365 e. The van der Waals surface area contributed by atoms with Crippen molar-refractivity contribution in [2.24, 2.45) is 0 Å². The number of rotatable bonds is 7. The summed E-state index contributed by atoms with van der Waals surface area (Å²) in [7, 11) is -2.05. The standard InChI is InChI=1S/C18H23N3O4S/c1-13(2)19-26(24,25)16-9-10-17(18(11-16)21(22)23)20(4)12-15-8-6-5-7-14(15)3/h5-11,13,19H,12H2,1-4H3. The van der Waals surface area contributed by atoms with Gasteiger partial charge in [-0.05, 0) is 44.0 Å². The highest BCUT2D eigenvalue weighted by Crippen LogP contribution is 2.31. The van der Waals surface area contributed by atoms with Crippen molar-refractivity contribution in [3.8, 4) is 0 Å². The van der Waals surface area contributed by atoms with E-state index in [1.165, 1.54) is 12.1 Å². The Morgan fingerprint density at radius 2 is 1.85 bits per heavy atom. The SMILES string of the molecule is Cc1ccccc1CN(C)c1ccc(S(=O)(=O)NC(C)C)cc1[N+](=O)[O-].